The molecule has 0 bridgehead atoms. The van der Waals surface area contributed by atoms with Crippen molar-refractivity contribution in [1.82, 2.24) is 16.0 Å². The predicted molar refractivity (Wildman–Crippen MR) is 234 cm³/mol. The van der Waals surface area contributed by atoms with Gasteiger partial charge in [0.05, 0.1) is 17.3 Å². The Morgan fingerprint density at radius 2 is 1.13 bits per heavy atom. The van der Waals surface area contributed by atoms with Crippen LogP contribution in [0, 0.1) is 0 Å². The summed E-state index contributed by atoms with van der Waals surface area (Å²) >= 11 is 0. The van der Waals surface area contributed by atoms with Crippen LogP contribution in [-0.4, -0.2) is 155 Å². The molecule has 24 heteroatoms. The van der Waals surface area contributed by atoms with E-state index >= 15 is 0 Å². The maximum Gasteiger partial charge on any atom is 0.328 e. The highest BCUT2D eigenvalue weighted by Gasteiger charge is 2.56. The fraction of sp³-hybridized carbons (Fsp3) is 0.556. The molecule has 12 atom stereocenters. The number of hydrogen-bond donors (Lipinski definition) is 3. The number of esters is 5. The second-order valence-electron chi connectivity index (χ2n) is 16.0. The van der Waals surface area contributed by atoms with Gasteiger partial charge in [0.15, 0.2) is 34.6 Å². The topological polar surface area (TPSA) is 299 Å². The van der Waals surface area contributed by atoms with Gasteiger partial charge in [-0.3, -0.25) is 33.6 Å². The van der Waals surface area contributed by atoms with Gasteiger partial charge in [0, 0.05) is 41.5 Å². The first kappa shape index (κ1) is 55.5. The number of ether oxygens (including phenoxy) is 10. The van der Waals surface area contributed by atoms with Crippen LogP contribution < -0.4 is 16.0 Å². The van der Waals surface area contributed by atoms with Crippen LogP contribution in [0.15, 0.2) is 65.6 Å². The van der Waals surface area contributed by atoms with E-state index in [0.29, 0.717) is 5.56 Å². The lowest BCUT2D eigenvalue weighted by molar-refractivity contribution is -0.339. The minimum absolute atomic E-state index is 0.0297. The van der Waals surface area contributed by atoms with Gasteiger partial charge in [-0.25, -0.2) is 13.2 Å². The summed E-state index contributed by atoms with van der Waals surface area (Å²) in [7, 11) is -3.80. The number of hydrogen-bond acceptors (Lipinski definition) is 20. The zero-order valence-electron chi connectivity index (χ0n) is 39.3. The summed E-state index contributed by atoms with van der Waals surface area (Å²) in [6.45, 7) is 7.40. The molecule has 2 heterocycles. The first-order valence-corrected chi connectivity index (χ1v) is 23.4. The van der Waals surface area contributed by atoms with Crippen molar-refractivity contribution in [3.8, 4) is 0 Å². The number of benzene rings is 2. The van der Waals surface area contributed by atoms with Crippen molar-refractivity contribution in [2.45, 2.75) is 140 Å². The summed E-state index contributed by atoms with van der Waals surface area (Å²) in [6.07, 6.45) is -13.9. The van der Waals surface area contributed by atoms with Crippen LogP contribution in [0.25, 0.3) is 0 Å². The average Bonchev–Trinajstić information content (AvgIpc) is 3.27. The van der Waals surface area contributed by atoms with Crippen molar-refractivity contribution in [2.24, 2.45) is 0 Å². The maximum absolute atomic E-state index is 13.9. The molecule has 0 saturated carbocycles. The van der Waals surface area contributed by atoms with Crippen LogP contribution in [0.2, 0.25) is 0 Å². The molecule has 1 unspecified atom stereocenters. The molecule has 2 fully saturated rings. The monoisotopic (exact) mass is 993 g/mol. The second-order valence-corrected chi connectivity index (χ2v) is 18.1. The number of carbonyl (C=O) groups is 8. The molecule has 2 aromatic carbocycles. The SMILES string of the molecule is CC(=O)N[C@H]1[C@H](OC2[C@@H](COC(C)=O)O[C@H](OCc3ccccc3)[C@H](NC(C)=O)[C@H]2O[C@H](C)C(=O)N[C@@H](C)C(=O)OCCS(=O)(=O)c2ccccc2)O[C@H](COC(C)=O)[C@@H](OC(C)=O)[C@@H]1OC(C)=O. The van der Waals surface area contributed by atoms with Crippen LogP contribution in [0.5, 0.6) is 0 Å². The fourth-order valence-electron chi connectivity index (χ4n) is 7.22. The van der Waals surface area contributed by atoms with Gasteiger partial charge in [-0.05, 0) is 31.5 Å². The summed E-state index contributed by atoms with van der Waals surface area (Å²) in [5.74, 6) is -7.07. The molecule has 0 aliphatic carbocycles. The highest BCUT2D eigenvalue weighted by atomic mass is 32.2. The standard InChI is InChI=1S/C45H59N3O20S/c1-24(43(56)59-19-20-69(57,58)33-17-13-10-14-18-33)46-42(55)25(2)63-40-36(47-26(3)49)44(62-21-32-15-11-9-12-16-32)66-35(23-61-29(6)52)39(40)68-45-37(48-27(4)50)41(65-31(8)54)38(64-30(7)53)34(67-45)22-60-28(5)51/h9-18,24-25,34-41,44-45H,19-23H2,1-8H3,(H,46,55)(H,47,49)(H,48,50)/t24-,25+,34+,35+,36+,37+,38+,39?,40+,41+,44-,45-/m0/s1. The number of carbonyl (C=O) groups excluding carboxylic acids is 8. The van der Waals surface area contributed by atoms with E-state index in [4.69, 9.17) is 47.4 Å². The normalized spacial score (nSPS) is 25.3. The zero-order chi connectivity index (χ0) is 51.0. The fourth-order valence-corrected chi connectivity index (χ4v) is 8.33. The first-order chi connectivity index (χ1) is 32.6. The molecule has 3 amide bonds. The minimum atomic E-state index is -3.80. The summed E-state index contributed by atoms with van der Waals surface area (Å²) in [4.78, 5) is 102. The molecule has 23 nitrogen and oxygen atoms in total. The van der Waals surface area contributed by atoms with Crippen LogP contribution in [0.4, 0.5) is 0 Å². The van der Waals surface area contributed by atoms with Gasteiger partial charge in [0.1, 0.15) is 68.5 Å². The second kappa shape index (κ2) is 26.1. The predicted octanol–water partition coefficient (Wildman–Crippen LogP) is 0.333. The van der Waals surface area contributed by atoms with E-state index in [0.717, 1.165) is 34.6 Å². The van der Waals surface area contributed by atoms with Gasteiger partial charge >= 0.3 is 29.8 Å². The molecule has 4 rings (SSSR count). The van der Waals surface area contributed by atoms with E-state index in [9.17, 15) is 46.8 Å². The van der Waals surface area contributed by atoms with Crippen LogP contribution >= 0.6 is 0 Å². The average molecular weight is 994 g/mol. The van der Waals surface area contributed by atoms with Crippen molar-refractivity contribution in [3.63, 3.8) is 0 Å². The molecule has 2 aliphatic heterocycles. The lowest BCUT2D eigenvalue weighted by Gasteiger charge is -2.50. The van der Waals surface area contributed by atoms with Gasteiger partial charge < -0.3 is 63.3 Å². The van der Waals surface area contributed by atoms with Gasteiger partial charge in [0.25, 0.3) is 0 Å². The van der Waals surface area contributed by atoms with E-state index < -0.39 is 156 Å². The summed E-state index contributed by atoms with van der Waals surface area (Å²) in [6, 6.07) is 12.1. The third-order valence-electron chi connectivity index (χ3n) is 10.2. The molecule has 380 valence electrons. The number of sulfone groups is 1. The van der Waals surface area contributed by atoms with E-state index in [1.807, 2.05) is 0 Å². The zero-order valence-corrected chi connectivity index (χ0v) is 40.1. The summed E-state index contributed by atoms with van der Waals surface area (Å²) in [5.41, 5.74) is 0.674. The highest BCUT2D eigenvalue weighted by molar-refractivity contribution is 7.91. The minimum Gasteiger partial charge on any atom is -0.463 e. The molecule has 0 radical (unpaired) electrons. The van der Waals surface area contributed by atoms with Gasteiger partial charge in [-0.2, -0.15) is 0 Å². The largest absolute Gasteiger partial charge is 0.463 e. The molecule has 2 aromatic rings. The van der Waals surface area contributed by atoms with Gasteiger partial charge in [0.2, 0.25) is 17.7 Å². The summed E-state index contributed by atoms with van der Waals surface area (Å²) in [5, 5.41) is 7.77. The van der Waals surface area contributed by atoms with Crippen molar-refractivity contribution in [1.29, 1.82) is 0 Å². The number of nitrogens with one attached hydrogen (secondary N) is 3. The molecule has 0 spiro atoms. The van der Waals surface area contributed by atoms with Crippen LogP contribution in [0.1, 0.15) is 61.0 Å². The van der Waals surface area contributed by atoms with E-state index in [2.05, 4.69) is 16.0 Å². The van der Waals surface area contributed by atoms with Crippen molar-refractivity contribution in [2.75, 3.05) is 25.6 Å². The van der Waals surface area contributed by atoms with E-state index in [-0.39, 0.29) is 11.5 Å². The van der Waals surface area contributed by atoms with Crippen molar-refractivity contribution in [3.05, 3.63) is 66.2 Å². The Hall–Kier alpha value is -6.05. The Bertz CT molecular complexity index is 2210. The molecular weight excluding hydrogens is 935 g/mol. The number of amides is 3. The molecule has 2 aliphatic rings. The Kier molecular flexibility index (Phi) is 21.0. The van der Waals surface area contributed by atoms with Gasteiger partial charge in [-0.1, -0.05) is 48.5 Å². The lowest BCUT2D eigenvalue weighted by atomic mass is 9.93. The smallest absolute Gasteiger partial charge is 0.328 e. The van der Waals surface area contributed by atoms with Crippen LogP contribution in [-0.2, 0) is 102 Å². The Labute approximate surface area is 398 Å². The molecular formula is C45H59N3O20S. The molecule has 69 heavy (non-hydrogen) atoms. The third kappa shape index (κ3) is 17.1. The summed E-state index contributed by atoms with van der Waals surface area (Å²) < 4.78 is 84.3. The lowest BCUT2D eigenvalue weighted by Crippen LogP contribution is -2.71. The highest BCUT2D eigenvalue weighted by Crippen LogP contribution is 2.34. The number of rotatable bonds is 22. The molecule has 0 aromatic heterocycles. The van der Waals surface area contributed by atoms with E-state index in [1.165, 1.54) is 32.9 Å². The third-order valence-corrected chi connectivity index (χ3v) is 11.9. The van der Waals surface area contributed by atoms with Crippen molar-refractivity contribution >= 4 is 57.4 Å². The molecule has 2 saturated heterocycles. The maximum atomic E-state index is 13.9. The Morgan fingerprint density at radius 1 is 0.623 bits per heavy atom. The quantitative estimate of drug-likeness (QED) is 0.106. The van der Waals surface area contributed by atoms with Crippen molar-refractivity contribution < 1.29 is 94.1 Å². The Morgan fingerprint density at radius 3 is 1.67 bits per heavy atom. The van der Waals surface area contributed by atoms with E-state index in [1.54, 1.807) is 48.5 Å². The Balaban J connectivity index is 1.75. The molecule has 3 N–H and O–H groups in total. The first-order valence-electron chi connectivity index (χ1n) is 21.7. The van der Waals surface area contributed by atoms with Crippen LogP contribution in [0.3, 0.4) is 0 Å². The van der Waals surface area contributed by atoms with Gasteiger partial charge in [-0.15, -0.1) is 0 Å².